The first-order valence-corrected chi connectivity index (χ1v) is 4.71. The van der Waals surface area contributed by atoms with E-state index in [-0.39, 0.29) is 6.42 Å². The Morgan fingerprint density at radius 3 is 2.46 bits per heavy atom. The van der Waals surface area contributed by atoms with Gasteiger partial charge in [0.15, 0.2) is 0 Å². The lowest BCUT2D eigenvalue weighted by molar-refractivity contribution is 0.946. The van der Waals surface area contributed by atoms with Crippen molar-refractivity contribution in [3.8, 4) is 6.07 Å². The Hall–Kier alpha value is -0.420. The van der Waals surface area contributed by atoms with Crippen molar-refractivity contribution in [2.45, 2.75) is 10.8 Å². The Bertz CT molecular complexity index is 341. The Morgan fingerprint density at radius 1 is 1.31 bits per heavy atom. The zero-order valence-electron chi connectivity index (χ0n) is 6.60. The zero-order valence-corrected chi connectivity index (χ0v) is 8.87. The third-order valence-corrected chi connectivity index (χ3v) is 2.34. The normalized spacial score (nSPS) is 10.9. The number of benzene rings is 1. The highest BCUT2D eigenvalue weighted by atomic mass is 35.5. The molecule has 0 aromatic heterocycles. The van der Waals surface area contributed by atoms with E-state index >= 15 is 0 Å². The Balaban J connectivity index is 2.88. The van der Waals surface area contributed by atoms with Gasteiger partial charge in [-0.2, -0.15) is 5.26 Å². The van der Waals surface area contributed by atoms with Crippen LogP contribution in [0.5, 0.6) is 0 Å². The van der Waals surface area contributed by atoms with Gasteiger partial charge in [0.25, 0.3) is 0 Å². The van der Waals surface area contributed by atoms with Gasteiger partial charge in [-0.1, -0.05) is 53.0 Å². The SMILES string of the molecule is N#CC(Cl)(Cl)Cc1ccccc1Cl. The second-order valence-corrected chi connectivity index (χ2v) is 4.48. The van der Waals surface area contributed by atoms with Gasteiger partial charge in [-0.25, -0.2) is 0 Å². The fourth-order valence-corrected chi connectivity index (χ4v) is 1.41. The van der Waals surface area contributed by atoms with Crippen LogP contribution < -0.4 is 0 Å². The van der Waals surface area contributed by atoms with E-state index in [4.69, 9.17) is 40.1 Å². The van der Waals surface area contributed by atoms with Crippen LogP contribution in [0.1, 0.15) is 5.56 Å². The Morgan fingerprint density at radius 2 is 1.92 bits per heavy atom. The fourth-order valence-electron chi connectivity index (χ4n) is 0.920. The zero-order chi connectivity index (χ0) is 9.90. The van der Waals surface area contributed by atoms with Crippen molar-refractivity contribution < 1.29 is 0 Å². The molecule has 0 N–H and O–H groups in total. The molecule has 0 aliphatic heterocycles. The van der Waals surface area contributed by atoms with Crippen LogP contribution in [-0.4, -0.2) is 4.33 Å². The van der Waals surface area contributed by atoms with Gasteiger partial charge in [0, 0.05) is 11.4 Å². The molecule has 1 rings (SSSR count). The highest BCUT2D eigenvalue weighted by Crippen LogP contribution is 2.28. The highest BCUT2D eigenvalue weighted by Gasteiger charge is 2.24. The second kappa shape index (κ2) is 4.19. The maximum atomic E-state index is 8.59. The Kier molecular flexibility index (Phi) is 3.44. The third-order valence-electron chi connectivity index (χ3n) is 1.53. The van der Waals surface area contributed by atoms with E-state index in [0.29, 0.717) is 5.02 Å². The molecule has 0 aliphatic carbocycles. The molecule has 1 aromatic rings. The van der Waals surface area contributed by atoms with Gasteiger partial charge in [-0.15, -0.1) is 0 Å². The average Bonchev–Trinajstić information content (AvgIpc) is 2.09. The second-order valence-electron chi connectivity index (χ2n) is 2.58. The van der Waals surface area contributed by atoms with Crippen molar-refractivity contribution in [3.63, 3.8) is 0 Å². The molecule has 13 heavy (non-hydrogen) atoms. The maximum Gasteiger partial charge on any atom is 0.207 e. The summed E-state index contributed by atoms with van der Waals surface area (Å²) in [7, 11) is 0. The molecule has 0 radical (unpaired) electrons. The standard InChI is InChI=1S/C9H6Cl3N/c10-8-4-2-1-3-7(8)5-9(11,12)6-13/h1-4H,5H2. The van der Waals surface area contributed by atoms with Gasteiger partial charge in [0.05, 0.1) is 0 Å². The number of nitrogens with zero attached hydrogens (tertiary/aromatic N) is 1. The van der Waals surface area contributed by atoms with Crippen LogP contribution in [0.15, 0.2) is 24.3 Å². The van der Waals surface area contributed by atoms with E-state index in [1.807, 2.05) is 12.1 Å². The molecule has 0 bridgehead atoms. The summed E-state index contributed by atoms with van der Waals surface area (Å²) in [6.07, 6.45) is 0.228. The minimum Gasteiger partial charge on any atom is -0.195 e. The largest absolute Gasteiger partial charge is 0.207 e. The van der Waals surface area contributed by atoms with Crippen molar-refractivity contribution >= 4 is 34.8 Å². The van der Waals surface area contributed by atoms with E-state index < -0.39 is 4.33 Å². The third kappa shape index (κ3) is 3.08. The van der Waals surface area contributed by atoms with Crippen LogP contribution in [0.2, 0.25) is 5.02 Å². The number of hydrogen-bond acceptors (Lipinski definition) is 1. The van der Waals surface area contributed by atoms with Crippen molar-refractivity contribution in [3.05, 3.63) is 34.9 Å². The first kappa shape index (κ1) is 10.7. The van der Waals surface area contributed by atoms with E-state index in [1.54, 1.807) is 18.2 Å². The van der Waals surface area contributed by atoms with Crippen molar-refractivity contribution in [1.82, 2.24) is 0 Å². The molecule has 0 unspecified atom stereocenters. The quantitative estimate of drug-likeness (QED) is 0.718. The molecule has 0 heterocycles. The summed E-state index contributed by atoms with van der Waals surface area (Å²) in [5.41, 5.74) is 0.774. The molecule has 0 amide bonds. The number of alkyl halides is 2. The summed E-state index contributed by atoms with van der Waals surface area (Å²) in [6.45, 7) is 0. The van der Waals surface area contributed by atoms with Crippen LogP contribution in [-0.2, 0) is 6.42 Å². The summed E-state index contributed by atoms with van der Waals surface area (Å²) < 4.78 is -1.40. The molecule has 0 fully saturated rings. The van der Waals surface area contributed by atoms with Gasteiger partial charge in [-0.05, 0) is 11.6 Å². The summed E-state index contributed by atoms with van der Waals surface area (Å²) >= 11 is 17.2. The van der Waals surface area contributed by atoms with E-state index in [0.717, 1.165) is 5.56 Å². The molecule has 1 nitrogen and oxygen atoms in total. The monoisotopic (exact) mass is 233 g/mol. The topological polar surface area (TPSA) is 23.8 Å². The van der Waals surface area contributed by atoms with Crippen LogP contribution >= 0.6 is 34.8 Å². The van der Waals surface area contributed by atoms with Gasteiger partial charge in [0.1, 0.15) is 6.07 Å². The Labute approximate surface area is 91.8 Å². The first-order valence-electron chi connectivity index (χ1n) is 3.58. The van der Waals surface area contributed by atoms with E-state index in [1.165, 1.54) is 0 Å². The number of nitriles is 1. The predicted octanol–water partition coefficient (Wildman–Crippen LogP) is 3.58. The molecule has 1 aromatic carbocycles. The average molecular weight is 235 g/mol. The van der Waals surface area contributed by atoms with E-state index in [2.05, 4.69) is 0 Å². The summed E-state index contributed by atoms with van der Waals surface area (Å²) in [5.74, 6) is 0. The lowest BCUT2D eigenvalue weighted by Gasteiger charge is -2.10. The molecule has 4 heteroatoms. The highest BCUT2D eigenvalue weighted by molar-refractivity contribution is 6.50. The summed E-state index contributed by atoms with van der Waals surface area (Å²) in [4.78, 5) is 0. The minimum absolute atomic E-state index is 0.228. The lowest BCUT2D eigenvalue weighted by atomic mass is 10.1. The molecular weight excluding hydrogens is 228 g/mol. The van der Waals surface area contributed by atoms with Crippen LogP contribution in [0, 0.1) is 11.3 Å². The maximum absolute atomic E-state index is 8.59. The molecular formula is C9H6Cl3N. The van der Waals surface area contributed by atoms with Crippen molar-refractivity contribution in [1.29, 1.82) is 5.26 Å². The van der Waals surface area contributed by atoms with Crippen molar-refractivity contribution in [2.75, 3.05) is 0 Å². The van der Waals surface area contributed by atoms with E-state index in [9.17, 15) is 0 Å². The number of rotatable bonds is 2. The minimum atomic E-state index is -1.40. The van der Waals surface area contributed by atoms with Gasteiger partial charge in [0.2, 0.25) is 4.33 Å². The molecule has 68 valence electrons. The van der Waals surface area contributed by atoms with Gasteiger partial charge < -0.3 is 0 Å². The molecule has 0 saturated heterocycles. The fraction of sp³-hybridized carbons (Fsp3) is 0.222. The summed E-state index contributed by atoms with van der Waals surface area (Å²) in [5, 5.41) is 9.16. The molecule has 0 saturated carbocycles. The van der Waals surface area contributed by atoms with Crippen LogP contribution in [0.3, 0.4) is 0 Å². The summed E-state index contributed by atoms with van der Waals surface area (Å²) in [6, 6.07) is 8.94. The molecule has 0 atom stereocenters. The predicted molar refractivity (Wildman–Crippen MR) is 55.2 cm³/mol. The molecule has 0 aliphatic rings. The van der Waals surface area contributed by atoms with Gasteiger partial charge >= 0.3 is 0 Å². The number of halogens is 3. The molecule has 0 spiro atoms. The van der Waals surface area contributed by atoms with Gasteiger partial charge in [-0.3, -0.25) is 0 Å². The number of hydrogen-bond donors (Lipinski definition) is 0. The first-order chi connectivity index (χ1) is 6.05. The lowest BCUT2D eigenvalue weighted by Crippen LogP contribution is -2.13. The van der Waals surface area contributed by atoms with Crippen LogP contribution in [0.4, 0.5) is 0 Å². The smallest absolute Gasteiger partial charge is 0.195 e. The van der Waals surface area contributed by atoms with Crippen molar-refractivity contribution in [2.24, 2.45) is 0 Å². The van der Waals surface area contributed by atoms with Crippen LogP contribution in [0.25, 0.3) is 0 Å².